The molecule has 1 rings (SSSR count). The lowest BCUT2D eigenvalue weighted by Crippen LogP contribution is -2.56. The van der Waals surface area contributed by atoms with Gasteiger partial charge in [-0.2, -0.15) is 4.72 Å². The fraction of sp³-hybridized carbons (Fsp3) is 0.500. The number of sulfonamides is 1. The maximum Gasteiger partial charge on any atom is 0.241 e. The Bertz CT molecular complexity index is 509. The van der Waals surface area contributed by atoms with Gasteiger partial charge in [-0.05, 0) is 37.1 Å². The van der Waals surface area contributed by atoms with Gasteiger partial charge in [-0.3, -0.25) is 0 Å². The van der Waals surface area contributed by atoms with Gasteiger partial charge in [-0.15, -0.1) is 0 Å². The number of hydrogen-bond acceptors (Lipinski definition) is 5. The van der Waals surface area contributed by atoms with Gasteiger partial charge in [-0.1, -0.05) is 6.07 Å². The van der Waals surface area contributed by atoms with Gasteiger partial charge in [0, 0.05) is 0 Å². The third-order valence-electron chi connectivity index (χ3n) is 2.76. The van der Waals surface area contributed by atoms with Crippen molar-refractivity contribution in [2.45, 2.75) is 24.3 Å². The van der Waals surface area contributed by atoms with Gasteiger partial charge in [0.1, 0.15) is 5.54 Å². The molecule has 0 radical (unpaired) electrons. The van der Waals surface area contributed by atoms with Crippen molar-refractivity contribution < 1.29 is 23.7 Å². The Labute approximate surface area is 112 Å². The van der Waals surface area contributed by atoms with E-state index in [2.05, 4.69) is 4.72 Å². The Kier molecular flexibility index (Phi) is 5.05. The summed E-state index contributed by atoms with van der Waals surface area (Å²) in [6, 6.07) is 4.79. The maximum absolute atomic E-state index is 12.2. The smallest absolute Gasteiger partial charge is 0.241 e. The Morgan fingerprint density at radius 1 is 1.00 bits per heavy atom. The lowest BCUT2D eigenvalue weighted by atomic mass is 10.1. The zero-order valence-corrected chi connectivity index (χ0v) is 11.7. The molecule has 0 unspecified atom stereocenters. The first-order chi connectivity index (χ1) is 8.78. The Balaban J connectivity index is 3.17. The normalized spacial score (nSPS) is 12.7. The van der Waals surface area contributed by atoms with Crippen LogP contribution in [0.3, 0.4) is 0 Å². The summed E-state index contributed by atoms with van der Waals surface area (Å²) < 4.78 is 26.5. The highest BCUT2D eigenvalue weighted by Crippen LogP contribution is 2.16. The van der Waals surface area contributed by atoms with E-state index in [1.807, 2.05) is 6.07 Å². The van der Waals surface area contributed by atoms with E-state index >= 15 is 0 Å². The Hall–Kier alpha value is -0.990. The zero-order chi connectivity index (χ0) is 14.7. The molecular weight excluding hydrogens is 270 g/mol. The van der Waals surface area contributed by atoms with Crippen molar-refractivity contribution >= 4 is 10.0 Å². The molecule has 0 spiro atoms. The summed E-state index contributed by atoms with van der Waals surface area (Å²) in [6.45, 7) is 1.42. The molecule has 1 aromatic carbocycles. The van der Waals surface area contributed by atoms with E-state index in [0.717, 1.165) is 11.1 Å². The number of benzene rings is 1. The second-order valence-corrected chi connectivity index (χ2v) is 6.37. The molecule has 4 N–H and O–H groups in total. The molecule has 1 aromatic rings. The van der Waals surface area contributed by atoms with E-state index in [1.54, 1.807) is 13.8 Å². The Morgan fingerprint density at radius 3 is 1.79 bits per heavy atom. The largest absolute Gasteiger partial charge is 0.394 e. The van der Waals surface area contributed by atoms with E-state index in [9.17, 15) is 8.42 Å². The summed E-state index contributed by atoms with van der Waals surface area (Å²) >= 11 is 0. The van der Waals surface area contributed by atoms with Crippen molar-refractivity contribution in [2.24, 2.45) is 0 Å². The summed E-state index contributed by atoms with van der Waals surface area (Å²) in [5.41, 5.74) is -0.109. The predicted octanol–water partition coefficient (Wildman–Crippen LogP) is -0.703. The van der Waals surface area contributed by atoms with Crippen LogP contribution < -0.4 is 4.72 Å². The molecule has 6 nitrogen and oxygen atoms in total. The second kappa shape index (κ2) is 5.98. The summed E-state index contributed by atoms with van der Waals surface area (Å²) in [4.78, 5) is 0.0322. The molecule has 19 heavy (non-hydrogen) atoms. The average Bonchev–Trinajstić information content (AvgIpc) is 2.35. The van der Waals surface area contributed by atoms with Crippen LogP contribution in [0.25, 0.3) is 0 Å². The maximum atomic E-state index is 12.2. The van der Waals surface area contributed by atoms with E-state index in [-0.39, 0.29) is 4.90 Å². The van der Waals surface area contributed by atoms with Crippen LogP contribution in [-0.2, 0) is 10.0 Å². The summed E-state index contributed by atoms with van der Waals surface area (Å²) in [5, 5.41) is 27.4. The van der Waals surface area contributed by atoms with Gasteiger partial charge in [0.25, 0.3) is 0 Å². The quantitative estimate of drug-likeness (QED) is 0.554. The predicted molar refractivity (Wildman–Crippen MR) is 70.2 cm³/mol. The van der Waals surface area contributed by atoms with Crippen LogP contribution in [-0.4, -0.2) is 49.1 Å². The lowest BCUT2D eigenvalue weighted by molar-refractivity contribution is 0.0582. The van der Waals surface area contributed by atoms with Gasteiger partial charge in [0.2, 0.25) is 10.0 Å². The third-order valence-corrected chi connectivity index (χ3v) is 4.32. The molecular formula is C12H19NO5S. The first-order valence-corrected chi connectivity index (χ1v) is 7.22. The zero-order valence-electron chi connectivity index (χ0n) is 10.9. The standard InChI is InChI=1S/C12H19NO5S/c1-9-3-10(2)5-11(4-9)19(17,18)13-12(6-14,7-15)8-16/h3-5,13-16H,6-8H2,1-2H3. The minimum absolute atomic E-state index is 0.0322. The topological polar surface area (TPSA) is 107 Å². The van der Waals surface area contributed by atoms with Crippen LogP contribution in [0.15, 0.2) is 23.1 Å². The first kappa shape index (κ1) is 16.1. The number of rotatable bonds is 6. The summed E-state index contributed by atoms with van der Waals surface area (Å²) in [6.07, 6.45) is 0. The fourth-order valence-corrected chi connectivity index (χ4v) is 3.24. The number of aliphatic hydroxyl groups is 3. The molecule has 0 saturated carbocycles. The highest BCUT2D eigenvalue weighted by Gasteiger charge is 2.33. The summed E-state index contributed by atoms with van der Waals surface area (Å²) in [5.74, 6) is 0. The van der Waals surface area contributed by atoms with Gasteiger partial charge in [0.05, 0.1) is 24.7 Å². The SMILES string of the molecule is Cc1cc(C)cc(S(=O)(=O)NC(CO)(CO)CO)c1. The van der Waals surface area contributed by atoms with Crippen molar-refractivity contribution in [1.82, 2.24) is 4.72 Å². The van der Waals surface area contributed by atoms with Gasteiger partial charge < -0.3 is 15.3 Å². The van der Waals surface area contributed by atoms with Crippen LogP contribution in [0.2, 0.25) is 0 Å². The fourth-order valence-electron chi connectivity index (χ4n) is 1.68. The molecule has 0 saturated heterocycles. The molecule has 0 fully saturated rings. The van der Waals surface area contributed by atoms with Crippen molar-refractivity contribution in [2.75, 3.05) is 19.8 Å². The van der Waals surface area contributed by atoms with Crippen molar-refractivity contribution in [3.8, 4) is 0 Å². The van der Waals surface area contributed by atoms with Gasteiger partial charge in [0.15, 0.2) is 0 Å². The van der Waals surface area contributed by atoms with Crippen LogP contribution in [0.4, 0.5) is 0 Å². The van der Waals surface area contributed by atoms with Crippen LogP contribution >= 0.6 is 0 Å². The molecule has 0 aliphatic rings. The molecule has 7 heteroatoms. The molecule has 0 atom stereocenters. The van der Waals surface area contributed by atoms with E-state index in [1.165, 1.54) is 12.1 Å². The monoisotopic (exact) mass is 289 g/mol. The highest BCUT2D eigenvalue weighted by molar-refractivity contribution is 7.89. The number of aliphatic hydroxyl groups excluding tert-OH is 3. The highest BCUT2D eigenvalue weighted by atomic mass is 32.2. The minimum Gasteiger partial charge on any atom is -0.394 e. The first-order valence-electron chi connectivity index (χ1n) is 5.73. The number of aryl methyl sites for hydroxylation is 2. The van der Waals surface area contributed by atoms with Crippen molar-refractivity contribution in [3.05, 3.63) is 29.3 Å². The molecule has 0 amide bonds. The second-order valence-electron chi connectivity index (χ2n) is 4.68. The van der Waals surface area contributed by atoms with E-state index < -0.39 is 35.4 Å². The van der Waals surface area contributed by atoms with Gasteiger partial charge >= 0.3 is 0 Å². The van der Waals surface area contributed by atoms with Crippen LogP contribution in [0.1, 0.15) is 11.1 Å². The minimum atomic E-state index is -3.93. The van der Waals surface area contributed by atoms with Crippen LogP contribution in [0.5, 0.6) is 0 Å². The van der Waals surface area contributed by atoms with Crippen molar-refractivity contribution in [1.29, 1.82) is 0 Å². The molecule has 108 valence electrons. The van der Waals surface area contributed by atoms with E-state index in [4.69, 9.17) is 15.3 Å². The third kappa shape index (κ3) is 3.74. The Morgan fingerprint density at radius 2 is 1.42 bits per heavy atom. The molecule has 0 heterocycles. The number of nitrogens with one attached hydrogen (secondary N) is 1. The molecule has 0 aromatic heterocycles. The van der Waals surface area contributed by atoms with Crippen molar-refractivity contribution in [3.63, 3.8) is 0 Å². The number of hydrogen-bond donors (Lipinski definition) is 4. The molecule has 0 aliphatic heterocycles. The molecule has 0 bridgehead atoms. The summed E-state index contributed by atoms with van der Waals surface area (Å²) in [7, 11) is -3.93. The molecule has 0 aliphatic carbocycles. The lowest BCUT2D eigenvalue weighted by Gasteiger charge is -2.28. The van der Waals surface area contributed by atoms with Gasteiger partial charge in [-0.25, -0.2) is 8.42 Å². The average molecular weight is 289 g/mol. The van der Waals surface area contributed by atoms with E-state index in [0.29, 0.717) is 0 Å². The van der Waals surface area contributed by atoms with Crippen LogP contribution in [0, 0.1) is 13.8 Å².